The molecule has 2 aromatic heterocycles. The van der Waals surface area contributed by atoms with Crippen LogP contribution < -0.4 is 0 Å². The summed E-state index contributed by atoms with van der Waals surface area (Å²) >= 11 is 0. The first-order valence-electron chi connectivity index (χ1n) is 10.4. The van der Waals surface area contributed by atoms with Crippen LogP contribution in [0.2, 0.25) is 0 Å². The molecule has 0 saturated heterocycles. The topological polar surface area (TPSA) is 81.0 Å². The highest BCUT2D eigenvalue weighted by Gasteiger charge is 2.27. The van der Waals surface area contributed by atoms with Crippen LogP contribution in [0.3, 0.4) is 0 Å². The number of ketones is 1. The van der Waals surface area contributed by atoms with Gasteiger partial charge in [0, 0.05) is 49.1 Å². The van der Waals surface area contributed by atoms with E-state index in [9.17, 15) is 9.00 Å². The minimum absolute atomic E-state index is 0.204. The number of carbonyl (C=O) groups excluding carboxylic acids is 1. The molecule has 2 heterocycles. The molecule has 0 amide bonds. The Labute approximate surface area is 184 Å². The van der Waals surface area contributed by atoms with Gasteiger partial charge in [0.25, 0.3) is 0 Å². The van der Waals surface area contributed by atoms with Gasteiger partial charge >= 0.3 is 0 Å². The molecule has 8 heteroatoms. The molecule has 7 nitrogen and oxygen atoms in total. The quantitative estimate of drug-likeness (QED) is 0.458. The van der Waals surface area contributed by atoms with E-state index in [0.29, 0.717) is 11.2 Å². The number of fused-ring (bicyclic) bond motifs is 3. The lowest BCUT2D eigenvalue weighted by Gasteiger charge is -2.14. The molecule has 1 fully saturated rings. The average molecular weight is 438 g/mol. The van der Waals surface area contributed by atoms with Crippen molar-refractivity contribution >= 4 is 38.4 Å². The largest absolute Gasteiger partial charge is 0.383 e. The standard InChI is InChI=1S/C13H12N4OS.C10H15NO/c1-19(18)13-14-6-8-2-3-9-7-15-17(10-4-5-10)12(9)11(8)16-13;1-8-5-4-6-9(10(8)12)7-11(2)3/h2-3,6-7,10H,4-5H2,1H3;5,7H,4,6H2,1-3H3/b;9-7-. The fourth-order valence-corrected chi connectivity index (χ4v) is 4.10. The van der Waals surface area contributed by atoms with Gasteiger partial charge in [0.15, 0.2) is 5.78 Å². The highest BCUT2D eigenvalue weighted by molar-refractivity contribution is 7.84. The molecule has 3 aromatic rings. The highest BCUT2D eigenvalue weighted by atomic mass is 32.2. The van der Waals surface area contributed by atoms with E-state index >= 15 is 0 Å². The molecule has 5 rings (SSSR count). The minimum atomic E-state index is -1.17. The van der Waals surface area contributed by atoms with Crippen LogP contribution in [0, 0.1) is 0 Å². The van der Waals surface area contributed by atoms with Gasteiger partial charge in [0.1, 0.15) is 5.52 Å². The maximum atomic E-state index is 11.6. The molecule has 1 aromatic carbocycles. The van der Waals surface area contributed by atoms with Gasteiger partial charge in [0.2, 0.25) is 5.16 Å². The predicted molar refractivity (Wildman–Crippen MR) is 123 cm³/mol. The van der Waals surface area contributed by atoms with Gasteiger partial charge in [-0.2, -0.15) is 5.10 Å². The maximum Gasteiger partial charge on any atom is 0.218 e. The Morgan fingerprint density at radius 2 is 1.94 bits per heavy atom. The summed E-state index contributed by atoms with van der Waals surface area (Å²) in [6, 6.07) is 4.52. The molecule has 162 valence electrons. The Bertz CT molecular complexity index is 1240. The van der Waals surface area contributed by atoms with Crippen LogP contribution in [0.25, 0.3) is 21.8 Å². The van der Waals surface area contributed by atoms with E-state index < -0.39 is 10.8 Å². The normalized spacial score (nSPS) is 18.6. The predicted octanol–water partition coefficient (Wildman–Crippen LogP) is 3.79. The summed E-state index contributed by atoms with van der Waals surface area (Å²) in [7, 11) is 2.71. The van der Waals surface area contributed by atoms with Crippen LogP contribution >= 0.6 is 0 Å². The molecule has 2 aliphatic rings. The van der Waals surface area contributed by atoms with Gasteiger partial charge in [-0.3, -0.25) is 13.7 Å². The van der Waals surface area contributed by atoms with Crippen molar-refractivity contribution in [1.82, 2.24) is 24.6 Å². The summed E-state index contributed by atoms with van der Waals surface area (Å²) in [5.74, 6) is 0.204. The highest BCUT2D eigenvalue weighted by Crippen LogP contribution is 2.38. The second-order valence-corrected chi connectivity index (χ2v) is 9.51. The molecular weight excluding hydrogens is 410 g/mol. The third-order valence-electron chi connectivity index (χ3n) is 5.36. The molecule has 1 saturated carbocycles. The molecule has 2 aliphatic carbocycles. The zero-order chi connectivity index (χ0) is 22.1. The summed E-state index contributed by atoms with van der Waals surface area (Å²) in [6.45, 7) is 1.88. The van der Waals surface area contributed by atoms with Crippen LogP contribution in [0.15, 0.2) is 53.1 Å². The van der Waals surface area contributed by atoms with Crippen LogP contribution in [0.5, 0.6) is 0 Å². The summed E-state index contributed by atoms with van der Waals surface area (Å²) in [4.78, 5) is 22.0. The van der Waals surface area contributed by atoms with E-state index in [-0.39, 0.29) is 5.78 Å². The van der Waals surface area contributed by atoms with Crippen molar-refractivity contribution in [2.45, 2.75) is 43.8 Å². The van der Waals surface area contributed by atoms with Crippen molar-refractivity contribution in [3.63, 3.8) is 0 Å². The fourth-order valence-electron chi connectivity index (χ4n) is 3.68. The van der Waals surface area contributed by atoms with Gasteiger partial charge in [-0.05, 0) is 38.2 Å². The van der Waals surface area contributed by atoms with E-state index in [0.717, 1.165) is 45.8 Å². The van der Waals surface area contributed by atoms with E-state index in [1.807, 2.05) is 61.2 Å². The second-order valence-electron chi connectivity index (χ2n) is 8.24. The first kappa shape index (κ1) is 21.4. The number of Topliss-reactive ketones (excluding diaryl/α,β-unsaturated/α-hetero) is 1. The Hall–Kier alpha value is -2.87. The molecule has 0 spiro atoms. The maximum absolute atomic E-state index is 11.6. The number of nitrogens with zero attached hydrogens (tertiary/aromatic N) is 5. The first-order valence-corrected chi connectivity index (χ1v) is 12.0. The van der Waals surface area contributed by atoms with Crippen molar-refractivity contribution in [3.8, 4) is 0 Å². The first-order chi connectivity index (χ1) is 14.8. The number of rotatable bonds is 3. The lowest BCUT2D eigenvalue weighted by Crippen LogP contribution is -2.13. The zero-order valence-electron chi connectivity index (χ0n) is 18.3. The van der Waals surface area contributed by atoms with Gasteiger partial charge in [-0.25, -0.2) is 9.97 Å². The van der Waals surface area contributed by atoms with Crippen LogP contribution in [0.4, 0.5) is 0 Å². The third kappa shape index (κ3) is 4.58. The molecule has 0 radical (unpaired) electrons. The van der Waals surface area contributed by atoms with Gasteiger partial charge < -0.3 is 4.90 Å². The Morgan fingerprint density at radius 1 is 1.19 bits per heavy atom. The smallest absolute Gasteiger partial charge is 0.218 e. The molecule has 31 heavy (non-hydrogen) atoms. The van der Waals surface area contributed by atoms with Gasteiger partial charge in [-0.15, -0.1) is 0 Å². The monoisotopic (exact) mass is 437 g/mol. The van der Waals surface area contributed by atoms with Gasteiger partial charge in [0.05, 0.1) is 28.6 Å². The van der Waals surface area contributed by atoms with Crippen molar-refractivity contribution in [2.75, 3.05) is 20.4 Å². The van der Waals surface area contributed by atoms with Gasteiger partial charge in [-0.1, -0.05) is 18.2 Å². The Balaban J connectivity index is 0.000000168. The molecule has 1 atom stereocenters. The van der Waals surface area contributed by atoms with E-state index in [1.54, 1.807) is 12.5 Å². The molecule has 0 aliphatic heterocycles. The number of carbonyl (C=O) groups is 1. The number of allylic oxidation sites excluding steroid dienone is 3. The van der Waals surface area contributed by atoms with Crippen LogP contribution in [-0.2, 0) is 15.6 Å². The summed E-state index contributed by atoms with van der Waals surface area (Å²) < 4.78 is 13.6. The van der Waals surface area contributed by atoms with Crippen LogP contribution in [-0.4, -0.2) is 55.0 Å². The van der Waals surface area contributed by atoms with E-state index in [4.69, 9.17) is 0 Å². The Morgan fingerprint density at radius 3 is 2.61 bits per heavy atom. The van der Waals surface area contributed by atoms with Crippen molar-refractivity contribution in [2.24, 2.45) is 0 Å². The Kier molecular flexibility index (Phi) is 6.00. The van der Waals surface area contributed by atoms with Crippen molar-refractivity contribution < 1.29 is 9.00 Å². The zero-order valence-corrected chi connectivity index (χ0v) is 19.1. The van der Waals surface area contributed by atoms with E-state index in [2.05, 4.69) is 15.1 Å². The summed E-state index contributed by atoms with van der Waals surface area (Å²) in [5, 5.41) is 6.88. The van der Waals surface area contributed by atoms with Crippen molar-refractivity contribution in [1.29, 1.82) is 0 Å². The lowest BCUT2D eigenvalue weighted by molar-refractivity contribution is -0.112. The number of aromatic nitrogens is 4. The van der Waals surface area contributed by atoms with Crippen LogP contribution in [0.1, 0.15) is 38.6 Å². The number of hydrogen-bond donors (Lipinski definition) is 0. The summed E-state index contributed by atoms with van der Waals surface area (Å²) in [5.41, 5.74) is 3.70. The SMILES string of the molecule is CC1=CCC/C(=C/N(C)C)C1=O.CS(=O)c1ncc2ccc3cnn(C4CC4)c3c2n1. The summed E-state index contributed by atoms with van der Waals surface area (Å²) in [6.07, 6.45) is 13.4. The van der Waals surface area contributed by atoms with Crippen molar-refractivity contribution in [3.05, 3.63) is 47.9 Å². The lowest BCUT2D eigenvalue weighted by atomic mass is 9.94. The average Bonchev–Trinajstić information content (AvgIpc) is 3.49. The minimum Gasteiger partial charge on any atom is -0.383 e. The molecule has 1 unspecified atom stereocenters. The third-order valence-corrected chi connectivity index (χ3v) is 6.07. The number of hydrogen-bond acceptors (Lipinski definition) is 6. The molecular formula is C23H27N5O2S. The fraction of sp³-hybridized carbons (Fsp3) is 0.391. The molecule has 0 bridgehead atoms. The van der Waals surface area contributed by atoms with E-state index in [1.165, 1.54) is 12.8 Å². The second kappa shape index (κ2) is 8.70. The number of benzene rings is 1. The molecule has 0 N–H and O–H groups in total.